The molecule has 0 atom stereocenters. The molecule has 1 heterocycles. The van der Waals surface area contributed by atoms with Gasteiger partial charge in [-0.1, -0.05) is 59.8 Å². The van der Waals surface area contributed by atoms with Crippen molar-refractivity contribution >= 4 is 23.2 Å². The van der Waals surface area contributed by atoms with Crippen LogP contribution in [0.3, 0.4) is 0 Å². The Morgan fingerprint density at radius 2 is 1.12 bits per heavy atom. The van der Waals surface area contributed by atoms with E-state index in [1.165, 1.54) is 21.5 Å². The molecule has 3 aromatic carbocycles. The molecule has 0 fully saturated rings. The van der Waals surface area contributed by atoms with Gasteiger partial charge in [0.2, 0.25) is 0 Å². The van der Waals surface area contributed by atoms with Gasteiger partial charge in [0.1, 0.15) is 35.6 Å². The van der Waals surface area contributed by atoms with E-state index < -0.39 is 7.26 Å². The van der Waals surface area contributed by atoms with Crippen LogP contribution in [-0.2, 0) is 6.16 Å². The fraction of sp³-hybridized carbons (Fsp3) is 0.0870. The SMILES string of the molecule is Cc1nocc1C[P+](c1ccccc1)(c1ccccc1)c1ccccc1. The van der Waals surface area contributed by atoms with Crippen LogP contribution >= 0.6 is 7.26 Å². The number of aryl methyl sites for hydroxylation is 1. The summed E-state index contributed by atoms with van der Waals surface area (Å²) in [5.74, 6) is 0. The van der Waals surface area contributed by atoms with Crippen molar-refractivity contribution < 1.29 is 4.52 Å². The Bertz CT molecular complexity index is 868. The van der Waals surface area contributed by atoms with Gasteiger partial charge in [-0.2, -0.15) is 0 Å². The second-order valence-electron chi connectivity index (χ2n) is 6.40. The molecule has 0 spiro atoms. The smallest absolute Gasteiger partial charge is 0.130 e. The van der Waals surface area contributed by atoms with E-state index in [9.17, 15) is 0 Å². The molecule has 2 nitrogen and oxygen atoms in total. The molecule has 0 unspecified atom stereocenters. The first-order valence-corrected chi connectivity index (χ1v) is 10.7. The summed E-state index contributed by atoms with van der Waals surface area (Å²) in [5, 5.41) is 8.24. The van der Waals surface area contributed by atoms with E-state index >= 15 is 0 Å². The van der Waals surface area contributed by atoms with Gasteiger partial charge in [0.05, 0.1) is 11.3 Å². The Hall–Kier alpha value is -2.70. The highest BCUT2D eigenvalue weighted by Gasteiger charge is 2.46. The van der Waals surface area contributed by atoms with Crippen LogP contribution in [0.5, 0.6) is 0 Å². The van der Waals surface area contributed by atoms with Crippen molar-refractivity contribution in [1.29, 1.82) is 0 Å². The Balaban J connectivity index is 2.02. The molecule has 0 radical (unpaired) electrons. The first-order valence-electron chi connectivity index (χ1n) is 8.75. The molecule has 0 aliphatic rings. The lowest BCUT2D eigenvalue weighted by atomic mass is 10.3. The number of aromatic nitrogens is 1. The summed E-state index contributed by atoms with van der Waals surface area (Å²) in [5.41, 5.74) is 2.15. The Kier molecular flexibility index (Phi) is 4.69. The lowest BCUT2D eigenvalue weighted by molar-refractivity contribution is 0.414. The highest BCUT2D eigenvalue weighted by atomic mass is 31.2. The van der Waals surface area contributed by atoms with Crippen molar-refractivity contribution in [3.8, 4) is 0 Å². The molecule has 1 aromatic heterocycles. The maximum Gasteiger partial charge on any atom is 0.130 e. The molecule has 4 rings (SSSR count). The van der Waals surface area contributed by atoms with Crippen LogP contribution in [0.2, 0.25) is 0 Å². The molecule has 4 aromatic rings. The van der Waals surface area contributed by atoms with Gasteiger partial charge in [0, 0.05) is 0 Å². The molecule has 0 amide bonds. The Morgan fingerprint density at radius 3 is 1.46 bits per heavy atom. The van der Waals surface area contributed by atoms with Gasteiger partial charge in [-0.05, 0) is 43.3 Å². The molecule has 0 N–H and O–H groups in total. The second kappa shape index (κ2) is 7.27. The summed E-state index contributed by atoms with van der Waals surface area (Å²) in [6.45, 7) is 2.02. The average Bonchev–Trinajstić information content (AvgIpc) is 3.12. The van der Waals surface area contributed by atoms with Crippen molar-refractivity contribution in [3.63, 3.8) is 0 Å². The highest BCUT2D eigenvalue weighted by Crippen LogP contribution is 2.58. The van der Waals surface area contributed by atoms with Crippen LogP contribution in [0.4, 0.5) is 0 Å². The number of hydrogen-bond acceptors (Lipinski definition) is 2. The first-order chi connectivity index (χ1) is 12.8. The third kappa shape index (κ3) is 2.98. The van der Waals surface area contributed by atoms with E-state index in [0.717, 1.165) is 11.9 Å². The summed E-state index contributed by atoms with van der Waals surface area (Å²) in [6.07, 6.45) is 2.71. The van der Waals surface area contributed by atoms with E-state index in [1.807, 2.05) is 6.92 Å². The van der Waals surface area contributed by atoms with Gasteiger partial charge in [-0.25, -0.2) is 0 Å². The Labute approximate surface area is 154 Å². The van der Waals surface area contributed by atoms with Gasteiger partial charge in [0.15, 0.2) is 0 Å². The summed E-state index contributed by atoms with van der Waals surface area (Å²) in [7, 11) is -1.87. The van der Waals surface area contributed by atoms with Gasteiger partial charge in [-0.15, -0.1) is 0 Å². The average molecular weight is 358 g/mol. The Morgan fingerprint density at radius 1 is 0.692 bits per heavy atom. The number of nitrogens with zero attached hydrogens (tertiary/aromatic N) is 1. The molecular formula is C23H21NOP+. The summed E-state index contributed by atoms with van der Waals surface area (Å²) in [6, 6.07) is 32.6. The quantitative estimate of drug-likeness (QED) is 0.492. The highest BCUT2D eigenvalue weighted by molar-refractivity contribution is 7.95. The molecule has 0 bridgehead atoms. The monoisotopic (exact) mass is 358 g/mol. The molecular weight excluding hydrogens is 337 g/mol. The van der Waals surface area contributed by atoms with Crippen molar-refractivity contribution in [2.45, 2.75) is 13.1 Å². The maximum atomic E-state index is 5.27. The van der Waals surface area contributed by atoms with Crippen LogP contribution in [-0.4, -0.2) is 5.16 Å². The summed E-state index contributed by atoms with van der Waals surface area (Å²) < 4.78 is 5.27. The van der Waals surface area contributed by atoms with E-state index in [-0.39, 0.29) is 0 Å². The minimum atomic E-state index is -1.87. The van der Waals surface area contributed by atoms with Crippen LogP contribution in [0.15, 0.2) is 102 Å². The molecule has 0 saturated heterocycles. The van der Waals surface area contributed by atoms with Crippen molar-refractivity contribution in [3.05, 3.63) is 109 Å². The minimum absolute atomic E-state index is 0.903. The van der Waals surface area contributed by atoms with Crippen molar-refractivity contribution in [1.82, 2.24) is 5.16 Å². The number of hydrogen-bond donors (Lipinski definition) is 0. The lowest BCUT2D eigenvalue weighted by Gasteiger charge is -2.27. The molecule has 0 aliphatic heterocycles. The van der Waals surface area contributed by atoms with E-state index in [1.54, 1.807) is 6.26 Å². The predicted molar refractivity (Wildman–Crippen MR) is 110 cm³/mol. The fourth-order valence-electron chi connectivity index (χ4n) is 3.49. The number of rotatable bonds is 5. The zero-order chi connectivity index (χ0) is 17.8. The van der Waals surface area contributed by atoms with E-state index in [2.05, 4.69) is 96.2 Å². The van der Waals surface area contributed by atoms with Gasteiger partial charge in [-0.3, -0.25) is 0 Å². The molecule has 128 valence electrons. The number of benzene rings is 3. The first kappa shape index (κ1) is 16.8. The van der Waals surface area contributed by atoms with Gasteiger partial charge in [0.25, 0.3) is 0 Å². The van der Waals surface area contributed by atoms with Gasteiger partial charge < -0.3 is 4.52 Å². The van der Waals surface area contributed by atoms with Gasteiger partial charge >= 0.3 is 0 Å². The van der Waals surface area contributed by atoms with E-state index in [4.69, 9.17) is 4.52 Å². The zero-order valence-corrected chi connectivity index (χ0v) is 15.6. The molecule has 0 saturated carbocycles. The molecule has 0 aliphatic carbocycles. The normalized spacial score (nSPS) is 11.4. The van der Waals surface area contributed by atoms with Crippen LogP contribution in [0.25, 0.3) is 0 Å². The fourth-order valence-corrected chi connectivity index (χ4v) is 7.79. The standard InChI is InChI=1S/C23H21NOP/c1-19-20(17-25-24-19)18-26(21-11-5-2-6-12-21,22-13-7-3-8-14-22)23-15-9-4-10-16-23/h2-17H,18H2,1H3/q+1. The van der Waals surface area contributed by atoms with Crippen LogP contribution < -0.4 is 15.9 Å². The van der Waals surface area contributed by atoms with Crippen molar-refractivity contribution in [2.24, 2.45) is 0 Å². The van der Waals surface area contributed by atoms with Crippen LogP contribution in [0, 0.1) is 6.92 Å². The predicted octanol–water partition coefficient (Wildman–Crippen LogP) is 4.48. The summed E-state index contributed by atoms with van der Waals surface area (Å²) in [4.78, 5) is 0. The largest absolute Gasteiger partial charge is 0.364 e. The minimum Gasteiger partial charge on any atom is -0.364 e. The third-order valence-electron chi connectivity index (χ3n) is 4.85. The molecule has 26 heavy (non-hydrogen) atoms. The summed E-state index contributed by atoms with van der Waals surface area (Å²) >= 11 is 0. The maximum absolute atomic E-state index is 5.27. The lowest BCUT2D eigenvalue weighted by Crippen LogP contribution is -2.32. The molecule has 3 heteroatoms. The third-order valence-corrected chi connectivity index (χ3v) is 9.20. The second-order valence-corrected chi connectivity index (χ2v) is 9.88. The topological polar surface area (TPSA) is 26.0 Å². The van der Waals surface area contributed by atoms with Crippen molar-refractivity contribution in [2.75, 3.05) is 0 Å². The van der Waals surface area contributed by atoms with Crippen LogP contribution in [0.1, 0.15) is 11.3 Å². The zero-order valence-electron chi connectivity index (χ0n) is 14.7. The van der Waals surface area contributed by atoms with E-state index in [0.29, 0.717) is 0 Å².